The molecule has 0 rings (SSSR count). The van der Waals surface area contributed by atoms with E-state index >= 15 is 0 Å². The first-order valence-corrected chi connectivity index (χ1v) is 4.78. The van der Waals surface area contributed by atoms with Gasteiger partial charge in [0.15, 0.2) is 0 Å². The molecule has 0 N–H and O–H groups in total. The Bertz CT molecular complexity index is 56.0. The van der Waals surface area contributed by atoms with Gasteiger partial charge < -0.3 is 4.48 Å². The van der Waals surface area contributed by atoms with E-state index in [2.05, 4.69) is 21.1 Å². The highest BCUT2D eigenvalue weighted by atomic mass is 28.1. The van der Waals surface area contributed by atoms with Gasteiger partial charge in [-0.2, -0.15) is 0 Å². The third-order valence-electron chi connectivity index (χ3n) is 1.18. The van der Waals surface area contributed by atoms with E-state index in [4.69, 9.17) is 0 Å². The molecule has 0 saturated heterocycles. The minimum Gasteiger partial charge on any atom is -0.331 e. The lowest BCUT2D eigenvalue weighted by molar-refractivity contribution is -0.870. The summed E-state index contributed by atoms with van der Waals surface area (Å²) in [4.78, 5) is 0. The van der Waals surface area contributed by atoms with E-state index in [0.29, 0.717) is 0 Å². The highest BCUT2D eigenvalue weighted by Gasteiger charge is 2.02. The largest absolute Gasteiger partial charge is 0.331 e. The van der Waals surface area contributed by atoms with Crippen molar-refractivity contribution < 1.29 is 4.48 Å². The molecule has 0 aromatic heterocycles. The van der Waals surface area contributed by atoms with Crippen LogP contribution in [0, 0.1) is 0 Å². The van der Waals surface area contributed by atoms with Crippen molar-refractivity contribution in [3.8, 4) is 0 Å². The lowest BCUT2D eigenvalue weighted by Crippen LogP contribution is -2.35. The van der Waals surface area contributed by atoms with E-state index in [-0.39, 0.29) is 0 Å². The fourth-order valence-electron chi connectivity index (χ4n) is 0.632. The van der Waals surface area contributed by atoms with Gasteiger partial charge in [0, 0.05) is 10.2 Å². The second-order valence-corrected chi connectivity index (χ2v) is 4.37. The maximum Gasteiger partial charge on any atom is 0.0777 e. The normalized spacial score (nSPS) is 12.4. The SMILES string of the molecule is C[N+](C)(C)CCC[SiH3]. The number of hydrogen-bond donors (Lipinski definition) is 0. The summed E-state index contributed by atoms with van der Waals surface area (Å²) in [5.74, 6) is 0. The summed E-state index contributed by atoms with van der Waals surface area (Å²) in [5, 5.41) is 0. The molecule has 0 amide bonds. The average molecular weight is 132 g/mol. The van der Waals surface area contributed by atoms with Gasteiger partial charge >= 0.3 is 0 Å². The Hall–Kier alpha value is 0.177. The standard InChI is InChI=1S/C6H18NSi/c1-7(2,3)5-4-6-8/h4-6H2,1-3,8H3/q+1. The predicted octanol–water partition coefficient (Wildman–Crippen LogP) is -0.134. The second kappa shape index (κ2) is 3.25. The molecule has 0 atom stereocenters. The van der Waals surface area contributed by atoms with Gasteiger partial charge in [-0.15, -0.1) is 0 Å². The highest BCUT2D eigenvalue weighted by Crippen LogP contribution is 1.94. The Labute approximate surface area is 55.7 Å². The lowest BCUT2D eigenvalue weighted by Gasteiger charge is -2.23. The summed E-state index contributed by atoms with van der Waals surface area (Å²) in [6.07, 6.45) is 1.41. The molecule has 0 aromatic carbocycles. The fraction of sp³-hybridized carbons (Fsp3) is 1.00. The first kappa shape index (κ1) is 8.18. The van der Waals surface area contributed by atoms with Crippen LogP contribution in [0.25, 0.3) is 0 Å². The lowest BCUT2D eigenvalue weighted by atomic mass is 10.4. The van der Waals surface area contributed by atoms with Gasteiger partial charge in [-0.05, 0) is 6.42 Å². The molecule has 0 bridgehead atoms. The van der Waals surface area contributed by atoms with Crippen molar-refractivity contribution >= 4 is 10.2 Å². The maximum absolute atomic E-state index is 2.25. The summed E-state index contributed by atoms with van der Waals surface area (Å²) >= 11 is 0. The predicted molar refractivity (Wildman–Crippen MR) is 42.3 cm³/mol. The Morgan fingerprint density at radius 2 is 1.75 bits per heavy atom. The van der Waals surface area contributed by atoms with Gasteiger partial charge in [-0.3, -0.25) is 0 Å². The van der Waals surface area contributed by atoms with Crippen molar-refractivity contribution in [1.82, 2.24) is 0 Å². The highest BCUT2D eigenvalue weighted by molar-refractivity contribution is 6.08. The van der Waals surface area contributed by atoms with Crippen LogP contribution in [0.2, 0.25) is 6.04 Å². The molecule has 0 saturated carbocycles. The average Bonchev–Trinajstić information content (AvgIpc) is 1.59. The minimum absolute atomic E-state index is 1.13. The topological polar surface area (TPSA) is 0 Å². The van der Waals surface area contributed by atoms with E-state index in [9.17, 15) is 0 Å². The Kier molecular flexibility index (Phi) is 3.32. The van der Waals surface area contributed by atoms with Gasteiger partial charge in [0.2, 0.25) is 0 Å². The van der Waals surface area contributed by atoms with Crippen molar-refractivity contribution in [2.24, 2.45) is 0 Å². The summed E-state index contributed by atoms with van der Waals surface area (Å²) in [6, 6.07) is 1.45. The molecule has 1 nitrogen and oxygen atoms in total. The Balaban J connectivity index is 3.11. The summed E-state index contributed by atoms with van der Waals surface area (Å²) in [5.41, 5.74) is 0. The molecule has 0 spiro atoms. The van der Waals surface area contributed by atoms with Crippen LogP contribution >= 0.6 is 0 Å². The first-order chi connectivity index (χ1) is 3.56. The summed E-state index contributed by atoms with van der Waals surface area (Å²) < 4.78 is 1.13. The quantitative estimate of drug-likeness (QED) is 0.371. The number of nitrogens with zero attached hydrogens (tertiary/aromatic N) is 1. The fourth-order valence-corrected chi connectivity index (χ4v) is 0.949. The van der Waals surface area contributed by atoms with Crippen molar-refractivity contribution in [2.75, 3.05) is 27.7 Å². The summed E-state index contributed by atoms with van der Waals surface area (Å²) in [7, 11) is 8.11. The van der Waals surface area contributed by atoms with Gasteiger partial charge in [-0.1, -0.05) is 6.04 Å². The van der Waals surface area contributed by atoms with Crippen LogP contribution in [0.1, 0.15) is 6.42 Å². The minimum atomic E-state index is 1.13. The van der Waals surface area contributed by atoms with Crippen LogP contribution in [0.5, 0.6) is 0 Å². The zero-order chi connectivity index (χ0) is 6.62. The molecular weight excluding hydrogens is 114 g/mol. The van der Waals surface area contributed by atoms with Gasteiger partial charge in [0.1, 0.15) is 0 Å². The molecule has 0 aromatic rings. The van der Waals surface area contributed by atoms with Gasteiger partial charge in [0.05, 0.1) is 27.7 Å². The van der Waals surface area contributed by atoms with Crippen LogP contribution in [0.15, 0.2) is 0 Å². The molecule has 0 aliphatic rings. The van der Waals surface area contributed by atoms with Gasteiger partial charge in [0.25, 0.3) is 0 Å². The molecule has 50 valence electrons. The zero-order valence-corrected chi connectivity index (χ0v) is 8.57. The van der Waals surface area contributed by atoms with Crippen LogP contribution in [0.3, 0.4) is 0 Å². The van der Waals surface area contributed by atoms with Crippen LogP contribution in [-0.4, -0.2) is 42.4 Å². The van der Waals surface area contributed by atoms with E-state index in [0.717, 1.165) is 4.48 Å². The molecular formula is C6H18NSi+. The summed E-state index contributed by atoms with van der Waals surface area (Å²) in [6.45, 7) is 1.34. The van der Waals surface area contributed by atoms with Crippen molar-refractivity contribution in [2.45, 2.75) is 12.5 Å². The van der Waals surface area contributed by atoms with E-state index in [1.54, 1.807) is 0 Å². The van der Waals surface area contributed by atoms with Gasteiger partial charge in [-0.25, -0.2) is 0 Å². The molecule has 0 radical (unpaired) electrons. The van der Waals surface area contributed by atoms with Crippen molar-refractivity contribution in [3.05, 3.63) is 0 Å². The maximum atomic E-state index is 2.25. The smallest absolute Gasteiger partial charge is 0.0777 e. The molecule has 8 heavy (non-hydrogen) atoms. The van der Waals surface area contributed by atoms with Crippen LogP contribution in [0.4, 0.5) is 0 Å². The third kappa shape index (κ3) is 6.18. The van der Waals surface area contributed by atoms with Crippen molar-refractivity contribution in [3.63, 3.8) is 0 Å². The van der Waals surface area contributed by atoms with E-state index in [1.165, 1.54) is 29.3 Å². The Morgan fingerprint density at radius 3 is 1.88 bits per heavy atom. The molecule has 2 heteroatoms. The zero-order valence-electron chi connectivity index (χ0n) is 6.57. The van der Waals surface area contributed by atoms with E-state index in [1.807, 2.05) is 0 Å². The molecule has 0 aliphatic heterocycles. The number of quaternary nitrogens is 1. The van der Waals surface area contributed by atoms with Crippen LogP contribution in [-0.2, 0) is 0 Å². The third-order valence-corrected chi connectivity index (χ3v) is 1.89. The number of hydrogen-bond acceptors (Lipinski definition) is 0. The molecule has 0 aliphatic carbocycles. The Morgan fingerprint density at radius 1 is 1.25 bits per heavy atom. The second-order valence-electron chi connectivity index (χ2n) is 3.37. The van der Waals surface area contributed by atoms with E-state index < -0.39 is 0 Å². The first-order valence-electron chi connectivity index (χ1n) is 3.36. The molecule has 0 unspecified atom stereocenters. The van der Waals surface area contributed by atoms with Crippen LogP contribution < -0.4 is 0 Å². The van der Waals surface area contributed by atoms with Crippen molar-refractivity contribution in [1.29, 1.82) is 0 Å². The monoisotopic (exact) mass is 132 g/mol. The molecule has 0 heterocycles. The number of rotatable bonds is 3. The molecule has 0 fully saturated rings.